The van der Waals surface area contributed by atoms with Gasteiger partial charge < -0.3 is 20.8 Å². The minimum absolute atomic E-state index is 0.309. The van der Waals surface area contributed by atoms with Crippen LogP contribution in [0, 0.1) is 0 Å². The highest BCUT2D eigenvalue weighted by atomic mass is 16.4. The van der Waals surface area contributed by atoms with Crippen molar-refractivity contribution in [2.45, 2.75) is 6.92 Å². The Morgan fingerprint density at radius 1 is 0.826 bits per heavy atom. The second-order valence-corrected chi connectivity index (χ2v) is 4.55. The summed E-state index contributed by atoms with van der Waals surface area (Å²) in [5.74, 6) is -1.79. The quantitative estimate of drug-likeness (QED) is 0.676. The Labute approximate surface area is 134 Å². The molecule has 0 unspecified atom stereocenters. The van der Waals surface area contributed by atoms with Crippen molar-refractivity contribution in [1.82, 2.24) is 0 Å². The van der Waals surface area contributed by atoms with Gasteiger partial charge in [-0.15, -0.1) is 0 Å². The summed E-state index contributed by atoms with van der Waals surface area (Å²) in [7, 11) is 1.79. The Morgan fingerprint density at radius 2 is 1.22 bits per heavy atom. The number of hydrogen-bond donors (Lipinski definition) is 4. The summed E-state index contributed by atoms with van der Waals surface area (Å²) in [4.78, 5) is 20.8. The molecular weight excluding hydrogens is 296 g/mol. The number of carboxylic acids is 2. The molecule has 2 aromatic rings. The summed E-state index contributed by atoms with van der Waals surface area (Å²) < 4.78 is 0. The molecular formula is C17H20N2O4. The fourth-order valence-electron chi connectivity index (χ4n) is 1.71. The molecule has 2 rings (SSSR count). The van der Waals surface area contributed by atoms with Crippen molar-refractivity contribution in [3.63, 3.8) is 0 Å². The number of carboxylic acid groups (broad SMARTS) is 2. The van der Waals surface area contributed by atoms with Crippen molar-refractivity contribution in [3.8, 4) is 0 Å². The first-order valence-electron chi connectivity index (χ1n) is 7.06. The highest BCUT2D eigenvalue weighted by Gasteiger charge is 2.00. The molecule has 23 heavy (non-hydrogen) atoms. The normalized spacial score (nSPS) is 9.30. The van der Waals surface area contributed by atoms with E-state index >= 15 is 0 Å². The summed E-state index contributed by atoms with van der Waals surface area (Å²) in [6.07, 6.45) is 0. The zero-order valence-corrected chi connectivity index (χ0v) is 13.0. The number of hydrogen-bond acceptors (Lipinski definition) is 4. The largest absolute Gasteiger partial charge is 0.478 e. The maximum atomic E-state index is 10.4. The topological polar surface area (TPSA) is 98.7 Å². The van der Waals surface area contributed by atoms with Crippen LogP contribution in [0.3, 0.4) is 0 Å². The number of anilines is 2. The van der Waals surface area contributed by atoms with Crippen molar-refractivity contribution in [3.05, 3.63) is 59.7 Å². The summed E-state index contributed by atoms with van der Waals surface area (Å²) in [6, 6.07) is 13.3. The van der Waals surface area contributed by atoms with Crippen LogP contribution in [0.15, 0.2) is 48.5 Å². The van der Waals surface area contributed by atoms with Crippen LogP contribution in [-0.2, 0) is 0 Å². The highest BCUT2D eigenvalue weighted by molar-refractivity contribution is 5.88. The maximum absolute atomic E-state index is 10.4. The van der Waals surface area contributed by atoms with Gasteiger partial charge in [-0.2, -0.15) is 0 Å². The number of carbonyl (C=O) groups is 2. The maximum Gasteiger partial charge on any atom is 0.335 e. The molecule has 4 N–H and O–H groups in total. The molecule has 0 amide bonds. The SMILES string of the molecule is CCNc1ccc(C(=O)O)cc1.CNc1ccc(C(=O)O)cc1. The predicted molar refractivity (Wildman–Crippen MR) is 90.5 cm³/mol. The van der Waals surface area contributed by atoms with E-state index in [1.165, 1.54) is 0 Å². The molecule has 0 atom stereocenters. The van der Waals surface area contributed by atoms with Gasteiger partial charge >= 0.3 is 11.9 Å². The molecule has 0 radical (unpaired) electrons. The molecule has 0 spiro atoms. The molecule has 0 saturated carbocycles. The van der Waals surface area contributed by atoms with Gasteiger partial charge in [0.15, 0.2) is 0 Å². The number of aromatic carboxylic acids is 2. The van der Waals surface area contributed by atoms with Gasteiger partial charge in [-0.05, 0) is 55.5 Å². The molecule has 0 fully saturated rings. The smallest absolute Gasteiger partial charge is 0.335 e. The van der Waals surface area contributed by atoms with E-state index in [0.29, 0.717) is 11.1 Å². The van der Waals surface area contributed by atoms with Crippen molar-refractivity contribution >= 4 is 23.3 Å². The van der Waals surface area contributed by atoms with Gasteiger partial charge in [-0.1, -0.05) is 0 Å². The molecule has 122 valence electrons. The van der Waals surface area contributed by atoms with Gasteiger partial charge in [0.05, 0.1) is 11.1 Å². The van der Waals surface area contributed by atoms with Crippen LogP contribution in [0.5, 0.6) is 0 Å². The lowest BCUT2D eigenvalue weighted by molar-refractivity contribution is 0.0686. The molecule has 0 aliphatic rings. The number of benzene rings is 2. The van der Waals surface area contributed by atoms with Crippen LogP contribution in [0.2, 0.25) is 0 Å². The zero-order chi connectivity index (χ0) is 17.2. The first kappa shape index (κ1) is 18.0. The molecule has 0 saturated heterocycles. The van der Waals surface area contributed by atoms with Crippen LogP contribution in [0.1, 0.15) is 27.6 Å². The lowest BCUT2D eigenvalue weighted by Gasteiger charge is -2.01. The predicted octanol–water partition coefficient (Wildman–Crippen LogP) is 3.24. The monoisotopic (exact) mass is 316 g/mol. The second-order valence-electron chi connectivity index (χ2n) is 4.55. The fraction of sp³-hybridized carbons (Fsp3) is 0.176. The minimum atomic E-state index is -0.896. The van der Waals surface area contributed by atoms with E-state index in [9.17, 15) is 9.59 Å². The van der Waals surface area contributed by atoms with Crippen molar-refractivity contribution in [2.24, 2.45) is 0 Å². The summed E-state index contributed by atoms with van der Waals surface area (Å²) in [5.41, 5.74) is 2.48. The van der Waals surface area contributed by atoms with Gasteiger partial charge in [0, 0.05) is 25.0 Å². The fourth-order valence-corrected chi connectivity index (χ4v) is 1.71. The van der Waals surface area contributed by atoms with Crippen molar-refractivity contribution in [2.75, 3.05) is 24.2 Å². The van der Waals surface area contributed by atoms with Gasteiger partial charge in [0.1, 0.15) is 0 Å². The third kappa shape index (κ3) is 6.09. The lowest BCUT2D eigenvalue weighted by atomic mass is 10.2. The third-order valence-electron chi connectivity index (χ3n) is 2.93. The Kier molecular flexibility index (Phi) is 7.13. The lowest BCUT2D eigenvalue weighted by Crippen LogP contribution is -1.98. The van der Waals surface area contributed by atoms with Crippen LogP contribution in [0.25, 0.3) is 0 Å². The number of rotatable bonds is 5. The van der Waals surface area contributed by atoms with E-state index < -0.39 is 11.9 Å². The minimum Gasteiger partial charge on any atom is -0.478 e. The van der Waals surface area contributed by atoms with Crippen LogP contribution in [0.4, 0.5) is 11.4 Å². The summed E-state index contributed by atoms with van der Waals surface area (Å²) >= 11 is 0. The van der Waals surface area contributed by atoms with Crippen molar-refractivity contribution < 1.29 is 19.8 Å². The molecule has 0 aliphatic heterocycles. The highest BCUT2D eigenvalue weighted by Crippen LogP contribution is 2.09. The van der Waals surface area contributed by atoms with E-state index in [2.05, 4.69) is 10.6 Å². The Bertz CT molecular complexity index is 637. The van der Waals surface area contributed by atoms with Gasteiger partial charge in [-0.25, -0.2) is 9.59 Å². The summed E-state index contributed by atoms with van der Waals surface area (Å²) in [5, 5.41) is 23.1. The van der Waals surface area contributed by atoms with E-state index in [1.54, 1.807) is 55.6 Å². The molecule has 2 aromatic carbocycles. The Hall–Kier alpha value is -3.02. The van der Waals surface area contributed by atoms with Gasteiger partial charge in [0.25, 0.3) is 0 Å². The van der Waals surface area contributed by atoms with E-state index in [1.807, 2.05) is 6.92 Å². The van der Waals surface area contributed by atoms with Gasteiger partial charge in [0.2, 0.25) is 0 Å². The summed E-state index contributed by atoms with van der Waals surface area (Å²) in [6.45, 7) is 2.83. The van der Waals surface area contributed by atoms with Crippen molar-refractivity contribution in [1.29, 1.82) is 0 Å². The van der Waals surface area contributed by atoms with E-state index in [0.717, 1.165) is 17.9 Å². The third-order valence-corrected chi connectivity index (χ3v) is 2.93. The van der Waals surface area contributed by atoms with Crippen LogP contribution >= 0.6 is 0 Å². The molecule has 0 aromatic heterocycles. The number of nitrogens with one attached hydrogen (secondary N) is 2. The van der Waals surface area contributed by atoms with E-state index in [-0.39, 0.29) is 0 Å². The second kappa shape index (κ2) is 9.09. The molecule has 0 bridgehead atoms. The molecule has 6 nitrogen and oxygen atoms in total. The average Bonchev–Trinajstić information content (AvgIpc) is 2.56. The molecule has 0 heterocycles. The van der Waals surface area contributed by atoms with Crippen LogP contribution in [-0.4, -0.2) is 35.7 Å². The molecule has 0 aliphatic carbocycles. The van der Waals surface area contributed by atoms with E-state index in [4.69, 9.17) is 10.2 Å². The van der Waals surface area contributed by atoms with Gasteiger partial charge in [-0.3, -0.25) is 0 Å². The first-order chi connectivity index (χ1) is 11.0. The Morgan fingerprint density at radius 3 is 1.52 bits per heavy atom. The Balaban J connectivity index is 0.000000231. The zero-order valence-electron chi connectivity index (χ0n) is 13.0. The van der Waals surface area contributed by atoms with Crippen LogP contribution < -0.4 is 10.6 Å². The standard InChI is InChI=1S/C9H11NO2.C8H9NO2/c1-2-10-8-5-3-7(4-6-8)9(11)12;1-9-7-4-2-6(3-5-7)8(10)11/h3-6,10H,2H2,1H3,(H,11,12);2-5,9H,1H3,(H,10,11). The first-order valence-corrected chi connectivity index (χ1v) is 7.06. The average molecular weight is 316 g/mol. The molecule has 6 heteroatoms.